The zero-order chi connectivity index (χ0) is 11.0. The number of hydrogen-bond donors (Lipinski definition) is 2. The van der Waals surface area contributed by atoms with Crippen LogP contribution in [-0.4, -0.2) is 31.3 Å². The highest BCUT2D eigenvalue weighted by atomic mass is 127. The molecular formula is C10H24IN3O. The third-order valence-corrected chi connectivity index (χ3v) is 1.47. The summed E-state index contributed by atoms with van der Waals surface area (Å²) < 4.78 is 5.37. The SMILES string of the molecule is CC(C)NC(N)=NCCCOC(C)C.I. The Labute approximate surface area is 110 Å². The molecular weight excluding hydrogens is 305 g/mol. The summed E-state index contributed by atoms with van der Waals surface area (Å²) in [6.07, 6.45) is 1.21. The monoisotopic (exact) mass is 329 g/mol. The van der Waals surface area contributed by atoms with Gasteiger partial charge in [0.05, 0.1) is 6.10 Å². The summed E-state index contributed by atoms with van der Waals surface area (Å²) in [5.41, 5.74) is 5.61. The van der Waals surface area contributed by atoms with Gasteiger partial charge in [-0.05, 0) is 34.1 Å². The van der Waals surface area contributed by atoms with Crippen molar-refractivity contribution in [3.63, 3.8) is 0 Å². The number of ether oxygens (including phenoxy) is 1. The van der Waals surface area contributed by atoms with Crippen LogP contribution in [0.1, 0.15) is 34.1 Å². The van der Waals surface area contributed by atoms with Gasteiger partial charge in [-0.1, -0.05) is 0 Å². The Bertz CT molecular complexity index is 172. The van der Waals surface area contributed by atoms with E-state index in [-0.39, 0.29) is 24.0 Å². The number of halogens is 1. The Morgan fingerprint density at radius 1 is 1.33 bits per heavy atom. The smallest absolute Gasteiger partial charge is 0.188 e. The van der Waals surface area contributed by atoms with Crippen LogP contribution in [0, 0.1) is 0 Å². The highest BCUT2D eigenvalue weighted by molar-refractivity contribution is 14.0. The third-order valence-electron chi connectivity index (χ3n) is 1.47. The highest BCUT2D eigenvalue weighted by Crippen LogP contribution is 1.90. The normalized spacial score (nSPS) is 11.7. The maximum atomic E-state index is 5.61. The fourth-order valence-electron chi connectivity index (χ4n) is 0.925. The van der Waals surface area contributed by atoms with Crippen LogP contribution in [-0.2, 0) is 4.74 Å². The van der Waals surface area contributed by atoms with Gasteiger partial charge in [0.2, 0.25) is 0 Å². The fraction of sp³-hybridized carbons (Fsp3) is 0.900. The zero-order valence-corrected chi connectivity index (χ0v) is 12.4. The molecule has 0 aliphatic rings. The van der Waals surface area contributed by atoms with Crippen molar-refractivity contribution in [2.45, 2.75) is 46.3 Å². The molecule has 0 aromatic heterocycles. The largest absolute Gasteiger partial charge is 0.379 e. The van der Waals surface area contributed by atoms with E-state index in [4.69, 9.17) is 10.5 Å². The van der Waals surface area contributed by atoms with Crippen molar-refractivity contribution in [1.29, 1.82) is 0 Å². The molecule has 0 atom stereocenters. The number of hydrogen-bond acceptors (Lipinski definition) is 2. The predicted molar refractivity (Wildman–Crippen MR) is 75.9 cm³/mol. The number of nitrogens with two attached hydrogens (primary N) is 1. The Morgan fingerprint density at radius 2 is 1.93 bits per heavy atom. The molecule has 0 spiro atoms. The lowest BCUT2D eigenvalue weighted by molar-refractivity contribution is 0.0783. The van der Waals surface area contributed by atoms with Crippen molar-refractivity contribution >= 4 is 29.9 Å². The molecule has 5 heteroatoms. The second-order valence-corrected chi connectivity index (χ2v) is 3.84. The Morgan fingerprint density at radius 3 is 2.40 bits per heavy atom. The van der Waals surface area contributed by atoms with E-state index in [1.807, 2.05) is 27.7 Å². The van der Waals surface area contributed by atoms with Gasteiger partial charge < -0.3 is 15.8 Å². The van der Waals surface area contributed by atoms with E-state index in [9.17, 15) is 0 Å². The molecule has 0 aliphatic carbocycles. The minimum absolute atomic E-state index is 0. The van der Waals surface area contributed by atoms with Crippen LogP contribution in [0.4, 0.5) is 0 Å². The third kappa shape index (κ3) is 14.0. The van der Waals surface area contributed by atoms with Gasteiger partial charge in [-0.3, -0.25) is 4.99 Å². The van der Waals surface area contributed by atoms with Gasteiger partial charge in [-0.25, -0.2) is 0 Å². The zero-order valence-electron chi connectivity index (χ0n) is 10.1. The van der Waals surface area contributed by atoms with E-state index in [0.29, 0.717) is 18.1 Å². The molecule has 0 saturated heterocycles. The molecule has 15 heavy (non-hydrogen) atoms. The van der Waals surface area contributed by atoms with Gasteiger partial charge in [0.25, 0.3) is 0 Å². The average molecular weight is 329 g/mol. The number of nitrogens with zero attached hydrogens (tertiary/aromatic N) is 1. The van der Waals surface area contributed by atoms with Gasteiger partial charge in [-0.2, -0.15) is 0 Å². The van der Waals surface area contributed by atoms with Crippen molar-refractivity contribution in [1.82, 2.24) is 5.32 Å². The van der Waals surface area contributed by atoms with E-state index in [2.05, 4.69) is 10.3 Å². The lowest BCUT2D eigenvalue weighted by atomic mass is 10.4. The Hall–Kier alpha value is -0.0400. The average Bonchev–Trinajstić information content (AvgIpc) is 2.01. The number of aliphatic imine (C=N–C) groups is 1. The second kappa shape index (κ2) is 10.5. The van der Waals surface area contributed by atoms with Gasteiger partial charge in [0.1, 0.15) is 0 Å². The molecule has 0 rings (SSSR count). The van der Waals surface area contributed by atoms with E-state index in [0.717, 1.165) is 19.6 Å². The molecule has 92 valence electrons. The van der Waals surface area contributed by atoms with Crippen molar-refractivity contribution in [2.75, 3.05) is 13.2 Å². The van der Waals surface area contributed by atoms with Gasteiger partial charge in [0.15, 0.2) is 5.96 Å². The lowest BCUT2D eigenvalue weighted by Gasteiger charge is -2.09. The molecule has 0 aliphatic heterocycles. The summed E-state index contributed by atoms with van der Waals surface area (Å²) in [6, 6.07) is 0.339. The first kappa shape index (κ1) is 17.4. The maximum absolute atomic E-state index is 5.61. The molecule has 0 heterocycles. The summed E-state index contributed by atoms with van der Waals surface area (Å²) in [5, 5.41) is 3.03. The van der Waals surface area contributed by atoms with E-state index >= 15 is 0 Å². The minimum Gasteiger partial charge on any atom is -0.379 e. The first-order valence-corrected chi connectivity index (χ1v) is 5.20. The van der Waals surface area contributed by atoms with Crippen molar-refractivity contribution in [2.24, 2.45) is 10.7 Å². The summed E-state index contributed by atoms with van der Waals surface area (Å²) in [4.78, 5) is 4.16. The first-order chi connectivity index (χ1) is 6.52. The van der Waals surface area contributed by atoms with Crippen LogP contribution < -0.4 is 11.1 Å². The summed E-state index contributed by atoms with van der Waals surface area (Å²) in [5.74, 6) is 0.518. The summed E-state index contributed by atoms with van der Waals surface area (Å²) >= 11 is 0. The van der Waals surface area contributed by atoms with Crippen molar-refractivity contribution in [3.8, 4) is 0 Å². The molecule has 0 saturated carbocycles. The molecule has 0 bridgehead atoms. The predicted octanol–water partition coefficient (Wildman–Crippen LogP) is 1.73. The van der Waals surface area contributed by atoms with E-state index < -0.39 is 0 Å². The summed E-state index contributed by atoms with van der Waals surface area (Å²) in [7, 11) is 0. The first-order valence-electron chi connectivity index (χ1n) is 5.20. The molecule has 0 amide bonds. The van der Waals surface area contributed by atoms with E-state index in [1.165, 1.54) is 0 Å². The molecule has 4 nitrogen and oxygen atoms in total. The number of guanidine groups is 1. The molecule has 0 aromatic rings. The van der Waals surface area contributed by atoms with Crippen molar-refractivity contribution in [3.05, 3.63) is 0 Å². The van der Waals surface area contributed by atoms with Crippen LogP contribution >= 0.6 is 24.0 Å². The molecule has 0 aromatic carbocycles. The van der Waals surface area contributed by atoms with Crippen LogP contribution in [0.2, 0.25) is 0 Å². The van der Waals surface area contributed by atoms with Gasteiger partial charge in [0, 0.05) is 19.2 Å². The number of nitrogens with one attached hydrogen (secondary N) is 1. The lowest BCUT2D eigenvalue weighted by Crippen LogP contribution is -2.36. The number of rotatable bonds is 6. The topological polar surface area (TPSA) is 59.6 Å². The Kier molecular flexibility index (Phi) is 12.1. The fourth-order valence-corrected chi connectivity index (χ4v) is 0.925. The second-order valence-electron chi connectivity index (χ2n) is 3.84. The maximum Gasteiger partial charge on any atom is 0.188 e. The molecule has 0 unspecified atom stereocenters. The molecule has 3 N–H and O–H groups in total. The quantitative estimate of drug-likeness (QED) is 0.338. The van der Waals surface area contributed by atoms with Gasteiger partial charge in [-0.15, -0.1) is 24.0 Å². The van der Waals surface area contributed by atoms with Crippen LogP contribution in [0.5, 0.6) is 0 Å². The van der Waals surface area contributed by atoms with Crippen LogP contribution in [0.3, 0.4) is 0 Å². The van der Waals surface area contributed by atoms with Crippen LogP contribution in [0.25, 0.3) is 0 Å². The standard InChI is InChI=1S/C10H23N3O.HI/c1-8(2)13-10(11)12-6-5-7-14-9(3)4;/h8-9H,5-7H2,1-4H3,(H3,11,12,13);1H. The van der Waals surface area contributed by atoms with Crippen LogP contribution in [0.15, 0.2) is 4.99 Å². The Balaban J connectivity index is 0. The van der Waals surface area contributed by atoms with E-state index in [1.54, 1.807) is 0 Å². The molecule has 0 fully saturated rings. The minimum atomic E-state index is 0. The van der Waals surface area contributed by atoms with Gasteiger partial charge >= 0.3 is 0 Å². The highest BCUT2D eigenvalue weighted by Gasteiger charge is 1.95. The molecule has 0 radical (unpaired) electrons. The van der Waals surface area contributed by atoms with Crippen molar-refractivity contribution < 1.29 is 4.74 Å². The summed E-state index contributed by atoms with van der Waals surface area (Å²) in [6.45, 7) is 9.58.